The van der Waals surface area contributed by atoms with Crippen molar-refractivity contribution in [1.82, 2.24) is 9.97 Å². The van der Waals surface area contributed by atoms with Crippen molar-refractivity contribution in [3.8, 4) is 11.1 Å². The fraction of sp³-hybridized carbons (Fsp3) is 0.222. The Morgan fingerprint density at radius 1 is 1.25 bits per heavy atom. The average Bonchev–Trinajstić information content (AvgIpc) is 2.64. The largest absolute Gasteiger partial charge is 0.394 e. The third-order valence-corrected chi connectivity index (χ3v) is 5.63. The van der Waals surface area contributed by atoms with Gasteiger partial charge in [0.2, 0.25) is 0 Å². The van der Waals surface area contributed by atoms with E-state index in [-0.39, 0.29) is 39.4 Å². The summed E-state index contributed by atoms with van der Waals surface area (Å²) in [5, 5.41) is 9.50. The van der Waals surface area contributed by atoms with Gasteiger partial charge in [0, 0.05) is 35.0 Å². The molecule has 0 saturated carbocycles. The minimum Gasteiger partial charge on any atom is -0.394 e. The Hall–Kier alpha value is -2.20. The molecule has 0 spiro atoms. The molecule has 0 bridgehead atoms. The summed E-state index contributed by atoms with van der Waals surface area (Å²) in [4.78, 5) is 29.0. The van der Waals surface area contributed by atoms with Gasteiger partial charge < -0.3 is 14.8 Å². The molecule has 10 heteroatoms. The summed E-state index contributed by atoms with van der Waals surface area (Å²) in [6.07, 6.45) is -0.543. The van der Waals surface area contributed by atoms with Crippen LogP contribution in [0, 0.1) is 11.6 Å². The van der Waals surface area contributed by atoms with Crippen molar-refractivity contribution in [3.05, 3.63) is 61.8 Å². The first-order valence-corrected chi connectivity index (χ1v) is 9.42. The summed E-state index contributed by atoms with van der Waals surface area (Å²) in [5.74, 6) is -1.37. The van der Waals surface area contributed by atoms with E-state index in [0.29, 0.717) is 4.90 Å². The number of aromatic nitrogens is 2. The smallest absolute Gasteiger partial charge is 0.326 e. The molecule has 0 unspecified atom stereocenters. The minimum absolute atomic E-state index is 0.00916. The number of fused-ring (bicyclic) bond motifs is 1. The zero-order valence-corrected chi connectivity index (χ0v) is 16.1. The number of thioether (sulfide) groups is 1. The molecule has 148 valence electrons. The average molecular weight is 429 g/mol. The molecule has 3 rings (SSSR count). The Morgan fingerprint density at radius 2 is 2.00 bits per heavy atom. The molecule has 0 aliphatic rings. The number of H-pyrrole nitrogens is 2. The van der Waals surface area contributed by atoms with Gasteiger partial charge in [-0.15, -0.1) is 11.8 Å². The number of hydrogen-bond donors (Lipinski definition) is 3. The van der Waals surface area contributed by atoms with Gasteiger partial charge in [0.05, 0.1) is 28.6 Å². The molecule has 0 fully saturated rings. The number of halogens is 3. The number of aromatic amines is 2. The van der Waals surface area contributed by atoms with Crippen LogP contribution in [0.2, 0.25) is 5.02 Å². The second-order valence-corrected chi connectivity index (χ2v) is 7.31. The molecule has 1 atom stereocenters. The Morgan fingerprint density at radius 3 is 2.64 bits per heavy atom. The van der Waals surface area contributed by atoms with E-state index < -0.39 is 29.0 Å². The molecular formula is C18H15ClF2N2O4S. The summed E-state index contributed by atoms with van der Waals surface area (Å²) in [7, 11) is 1.42. The molecule has 0 radical (unpaired) electrons. The lowest BCUT2D eigenvalue weighted by Crippen LogP contribution is -2.23. The molecule has 0 aliphatic heterocycles. The van der Waals surface area contributed by atoms with Crippen molar-refractivity contribution in [1.29, 1.82) is 0 Å². The highest BCUT2D eigenvalue weighted by molar-refractivity contribution is 7.99. The normalized spacial score (nSPS) is 12.5. The van der Waals surface area contributed by atoms with Crippen LogP contribution in [0.5, 0.6) is 0 Å². The fourth-order valence-corrected chi connectivity index (χ4v) is 4.33. The zero-order valence-electron chi connectivity index (χ0n) is 14.5. The summed E-state index contributed by atoms with van der Waals surface area (Å²) in [5.41, 5.74) is -1.02. The maximum absolute atomic E-state index is 14.5. The summed E-state index contributed by atoms with van der Waals surface area (Å²) >= 11 is 7.47. The van der Waals surface area contributed by atoms with Crippen LogP contribution in [0.25, 0.3) is 22.0 Å². The van der Waals surface area contributed by atoms with E-state index in [2.05, 4.69) is 9.97 Å². The van der Waals surface area contributed by atoms with E-state index in [9.17, 15) is 23.5 Å². The second-order valence-electron chi connectivity index (χ2n) is 5.87. The maximum atomic E-state index is 14.5. The summed E-state index contributed by atoms with van der Waals surface area (Å²) in [6, 6.07) is 4.34. The number of nitrogens with one attached hydrogen (secondary N) is 2. The standard InChI is InChI=1S/C18H15ClF2N2O4S/c1-27-9(6-24)7-28-16-14(10-3-2-8(20)4-13(10)21)12(19)5-11-15(16)22-18(26)23-17(11)25/h2-5,9,24H,6-7H2,1H3,(H2,22,23,25,26)/t9-/m1/s1. The first-order chi connectivity index (χ1) is 13.3. The highest BCUT2D eigenvalue weighted by Gasteiger charge is 2.21. The number of aliphatic hydroxyl groups excluding tert-OH is 1. The van der Waals surface area contributed by atoms with E-state index in [1.165, 1.54) is 19.2 Å². The van der Waals surface area contributed by atoms with Crippen LogP contribution in [0.1, 0.15) is 0 Å². The van der Waals surface area contributed by atoms with Crippen LogP contribution in [0.3, 0.4) is 0 Å². The van der Waals surface area contributed by atoms with Crippen molar-refractivity contribution < 1.29 is 18.6 Å². The second kappa shape index (κ2) is 8.44. The molecule has 0 saturated heterocycles. The zero-order chi connectivity index (χ0) is 20.4. The van der Waals surface area contributed by atoms with Crippen molar-refractivity contribution in [3.63, 3.8) is 0 Å². The van der Waals surface area contributed by atoms with Crippen molar-refractivity contribution in [2.75, 3.05) is 19.5 Å². The number of methoxy groups -OCH3 is 1. The lowest BCUT2D eigenvalue weighted by atomic mass is 10.0. The van der Waals surface area contributed by atoms with Crippen LogP contribution in [-0.2, 0) is 4.74 Å². The van der Waals surface area contributed by atoms with Gasteiger partial charge in [-0.3, -0.25) is 9.78 Å². The maximum Gasteiger partial charge on any atom is 0.326 e. The first kappa shape index (κ1) is 20.5. The third-order valence-electron chi connectivity index (χ3n) is 4.09. The molecule has 28 heavy (non-hydrogen) atoms. The molecule has 0 aliphatic carbocycles. The van der Waals surface area contributed by atoms with E-state index in [1.54, 1.807) is 0 Å². The molecule has 2 aromatic carbocycles. The number of rotatable bonds is 6. The van der Waals surface area contributed by atoms with Crippen molar-refractivity contribution in [2.45, 2.75) is 11.0 Å². The van der Waals surface area contributed by atoms with Crippen LogP contribution < -0.4 is 11.2 Å². The first-order valence-electron chi connectivity index (χ1n) is 8.06. The molecule has 0 amide bonds. The molecular weight excluding hydrogens is 414 g/mol. The Labute approximate surface area is 166 Å². The minimum atomic E-state index is -0.847. The molecule has 6 nitrogen and oxygen atoms in total. The lowest BCUT2D eigenvalue weighted by molar-refractivity contribution is 0.0656. The van der Waals surface area contributed by atoms with Crippen molar-refractivity contribution in [2.24, 2.45) is 0 Å². The fourth-order valence-electron chi connectivity index (χ4n) is 2.70. The van der Waals surface area contributed by atoms with Gasteiger partial charge in [-0.05, 0) is 18.2 Å². The monoisotopic (exact) mass is 428 g/mol. The highest BCUT2D eigenvalue weighted by Crippen LogP contribution is 2.42. The number of aliphatic hydroxyl groups is 1. The predicted molar refractivity (Wildman–Crippen MR) is 104 cm³/mol. The van der Waals surface area contributed by atoms with Gasteiger partial charge in [0.25, 0.3) is 5.56 Å². The van der Waals surface area contributed by atoms with Gasteiger partial charge in [0.1, 0.15) is 11.6 Å². The Kier molecular flexibility index (Phi) is 6.19. The van der Waals surface area contributed by atoms with Crippen molar-refractivity contribution >= 4 is 34.3 Å². The van der Waals surface area contributed by atoms with Gasteiger partial charge in [0.15, 0.2) is 0 Å². The van der Waals surface area contributed by atoms with E-state index >= 15 is 0 Å². The van der Waals surface area contributed by atoms with E-state index in [1.807, 2.05) is 0 Å². The van der Waals surface area contributed by atoms with Gasteiger partial charge in [-0.2, -0.15) is 0 Å². The number of benzene rings is 2. The molecule has 1 heterocycles. The van der Waals surface area contributed by atoms with Gasteiger partial charge in [-0.25, -0.2) is 13.6 Å². The Bertz CT molecular complexity index is 1140. The Balaban J connectivity index is 2.32. The molecule has 3 N–H and O–H groups in total. The topological polar surface area (TPSA) is 95.2 Å². The SMILES string of the molecule is CO[C@H](CO)CSc1c(-c2ccc(F)cc2F)c(Cl)cc2c(=O)[nH]c(=O)[nH]c12. The quantitative estimate of drug-likeness (QED) is 0.525. The van der Waals surface area contributed by atoms with Gasteiger partial charge >= 0.3 is 5.69 Å². The van der Waals surface area contributed by atoms with Crippen LogP contribution in [-0.4, -0.2) is 40.6 Å². The molecule has 3 aromatic rings. The summed E-state index contributed by atoms with van der Waals surface area (Å²) < 4.78 is 33.0. The number of hydrogen-bond acceptors (Lipinski definition) is 5. The van der Waals surface area contributed by atoms with E-state index in [0.717, 1.165) is 23.9 Å². The van der Waals surface area contributed by atoms with Crippen LogP contribution in [0.15, 0.2) is 38.8 Å². The summed E-state index contributed by atoms with van der Waals surface area (Å²) in [6.45, 7) is -0.265. The molecule has 1 aromatic heterocycles. The predicted octanol–water partition coefficient (Wildman–Crippen LogP) is 2.91. The van der Waals surface area contributed by atoms with Gasteiger partial charge in [-0.1, -0.05) is 11.6 Å². The number of ether oxygens (including phenoxy) is 1. The van der Waals surface area contributed by atoms with Crippen LogP contribution >= 0.6 is 23.4 Å². The third kappa shape index (κ3) is 3.97. The lowest BCUT2D eigenvalue weighted by Gasteiger charge is -2.17. The highest BCUT2D eigenvalue weighted by atomic mass is 35.5. The van der Waals surface area contributed by atoms with Crippen LogP contribution in [0.4, 0.5) is 8.78 Å². The van der Waals surface area contributed by atoms with E-state index in [4.69, 9.17) is 16.3 Å².